The van der Waals surface area contributed by atoms with Gasteiger partial charge in [-0.1, -0.05) is 48.0 Å². The number of aromatic nitrogens is 2. The Balaban J connectivity index is 1.62. The van der Waals surface area contributed by atoms with E-state index in [1.54, 1.807) is 24.4 Å². The number of nitrogens with one attached hydrogen (secondary N) is 2. The molecule has 0 saturated heterocycles. The molecule has 5 N–H and O–H groups in total. The second-order valence-electron chi connectivity index (χ2n) is 8.32. The predicted octanol–water partition coefficient (Wildman–Crippen LogP) is 5.03. The number of carbonyl (C=O) groups is 2. The average Bonchev–Trinajstić information content (AvgIpc) is 3.57. The number of carboxylic acids is 1. The summed E-state index contributed by atoms with van der Waals surface area (Å²) in [7, 11) is 0. The van der Waals surface area contributed by atoms with Crippen LogP contribution in [0.4, 0.5) is 0 Å². The van der Waals surface area contributed by atoms with Gasteiger partial charge in [-0.05, 0) is 25.0 Å². The highest BCUT2D eigenvalue weighted by Crippen LogP contribution is 2.42. The van der Waals surface area contributed by atoms with Crippen molar-refractivity contribution < 1.29 is 29.3 Å². The van der Waals surface area contributed by atoms with Gasteiger partial charge in [-0.15, -0.1) is 0 Å². The number of hydrogen-bond acceptors (Lipinski definition) is 5. The van der Waals surface area contributed by atoms with Gasteiger partial charge in [-0.3, -0.25) is 4.79 Å². The number of hydrogen-bond donors (Lipinski definition) is 5. The van der Waals surface area contributed by atoms with Crippen molar-refractivity contribution in [3.63, 3.8) is 0 Å². The lowest BCUT2D eigenvalue weighted by molar-refractivity contribution is 0.0661. The molecule has 0 saturated carbocycles. The standard InChI is InChI=1S/C27H22N2O6/c1-14(13-30)9-10-15-5-4-7-17-19(12-29-22(15)17)23(31)26-24(32)21(25(35-26)27(33)34)18-11-28-20-8-3-2-6-16(18)20/h2-9,11-12,28-30,32H,10,13H2,1H3,(H,33,34)/b14-9-. The first-order valence-corrected chi connectivity index (χ1v) is 11.0. The Hall–Kier alpha value is -4.56. The number of allylic oxidation sites excluding steroid dienone is 1. The van der Waals surface area contributed by atoms with Crippen LogP contribution in [0.2, 0.25) is 0 Å². The molecule has 176 valence electrons. The Morgan fingerprint density at radius 3 is 2.54 bits per heavy atom. The molecule has 0 atom stereocenters. The number of rotatable bonds is 7. The van der Waals surface area contributed by atoms with Crippen LogP contribution >= 0.6 is 0 Å². The zero-order chi connectivity index (χ0) is 24.7. The van der Waals surface area contributed by atoms with Crippen molar-refractivity contribution in [1.82, 2.24) is 9.97 Å². The summed E-state index contributed by atoms with van der Waals surface area (Å²) in [5, 5.41) is 31.3. The molecule has 2 aromatic carbocycles. The van der Waals surface area contributed by atoms with Crippen LogP contribution in [0.25, 0.3) is 32.9 Å². The Morgan fingerprint density at radius 2 is 1.77 bits per heavy atom. The van der Waals surface area contributed by atoms with Crippen molar-refractivity contribution in [3.05, 3.63) is 89.2 Å². The number of para-hydroxylation sites is 2. The molecular weight excluding hydrogens is 448 g/mol. The number of aromatic carboxylic acids is 1. The number of aromatic hydroxyl groups is 1. The molecular formula is C27H22N2O6. The molecule has 0 amide bonds. The van der Waals surface area contributed by atoms with E-state index in [0.29, 0.717) is 22.8 Å². The molecule has 8 nitrogen and oxygen atoms in total. The Bertz CT molecular complexity index is 1630. The zero-order valence-electron chi connectivity index (χ0n) is 18.8. The Morgan fingerprint density at radius 1 is 1.00 bits per heavy atom. The minimum Gasteiger partial charge on any atom is -0.504 e. The number of ketones is 1. The van der Waals surface area contributed by atoms with E-state index < -0.39 is 29.0 Å². The molecule has 0 aliphatic rings. The highest BCUT2D eigenvalue weighted by atomic mass is 16.4. The molecule has 8 heteroatoms. The first-order chi connectivity index (χ1) is 16.9. The van der Waals surface area contributed by atoms with E-state index >= 15 is 0 Å². The molecule has 3 aromatic heterocycles. The third-order valence-electron chi connectivity index (χ3n) is 6.11. The molecule has 0 spiro atoms. The van der Waals surface area contributed by atoms with Gasteiger partial charge in [0.05, 0.1) is 17.7 Å². The average molecular weight is 470 g/mol. The normalized spacial score (nSPS) is 12.0. The summed E-state index contributed by atoms with van der Waals surface area (Å²) in [5.74, 6) is -3.51. The van der Waals surface area contributed by atoms with Crippen LogP contribution in [0.15, 0.2) is 70.9 Å². The fourth-order valence-electron chi connectivity index (χ4n) is 4.30. The van der Waals surface area contributed by atoms with E-state index in [1.807, 2.05) is 37.3 Å². The Labute approximate surface area is 199 Å². The second-order valence-corrected chi connectivity index (χ2v) is 8.32. The van der Waals surface area contributed by atoms with Crippen LogP contribution in [0.5, 0.6) is 5.75 Å². The van der Waals surface area contributed by atoms with Gasteiger partial charge in [0.15, 0.2) is 5.75 Å². The smallest absolute Gasteiger partial charge is 0.372 e. The van der Waals surface area contributed by atoms with E-state index in [0.717, 1.165) is 22.2 Å². The topological polar surface area (TPSA) is 140 Å². The number of carboxylic acid groups (broad SMARTS) is 1. The third kappa shape index (κ3) is 3.70. The highest BCUT2D eigenvalue weighted by molar-refractivity contribution is 6.18. The van der Waals surface area contributed by atoms with Crippen LogP contribution in [0, 0.1) is 0 Å². The van der Waals surface area contributed by atoms with Crippen molar-refractivity contribution in [2.75, 3.05) is 6.61 Å². The fourth-order valence-corrected chi connectivity index (χ4v) is 4.30. The molecule has 5 aromatic rings. The number of fused-ring (bicyclic) bond motifs is 2. The summed E-state index contributed by atoms with van der Waals surface area (Å²) < 4.78 is 5.47. The van der Waals surface area contributed by atoms with Gasteiger partial charge in [-0.25, -0.2) is 4.79 Å². The predicted molar refractivity (Wildman–Crippen MR) is 131 cm³/mol. The summed E-state index contributed by atoms with van der Waals surface area (Å²) in [6, 6.07) is 12.7. The summed E-state index contributed by atoms with van der Waals surface area (Å²) in [6.07, 6.45) is 5.56. The minimum atomic E-state index is -1.40. The molecule has 0 bridgehead atoms. The van der Waals surface area contributed by atoms with Crippen molar-refractivity contribution in [2.24, 2.45) is 0 Å². The number of aliphatic hydroxyl groups excluding tert-OH is 1. The third-order valence-corrected chi connectivity index (χ3v) is 6.11. The quantitative estimate of drug-likeness (QED) is 0.167. The first-order valence-electron chi connectivity index (χ1n) is 11.0. The molecule has 0 aliphatic heterocycles. The van der Waals surface area contributed by atoms with Crippen molar-refractivity contribution in [1.29, 1.82) is 0 Å². The molecule has 5 rings (SSSR count). The van der Waals surface area contributed by atoms with E-state index in [1.165, 1.54) is 6.20 Å². The van der Waals surface area contributed by atoms with Gasteiger partial charge in [0, 0.05) is 39.8 Å². The van der Waals surface area contributed by atoms with E-state index in [9.17, 15) is 24.9 Å². The van der Waals surface area contributed by atoms with Crippen molar-refractivity contribution in [3.8, 4) is 16.9 Å². The number of furan rings is 1. The van der Waals surface area contributed by atoms with Crippen molar-refractivity contribution >= 4 is 33.6 Å². The lowest BCUT2D eigenvalue weighted by Gasteiger charge is -2.02. The first kappa shape index (κ1) is 22.2. The maximum Gasteiger partial charge on any atom is 0.372 e. The number of aliphatic hydroxyl groups is 1. The van der Waals surface area contributed by atoms with Gasteiger partial charge < -0.3 is 29.7 Å². The number of carbonyl (C=O) groups excluding carboxylic acids is 1. The SMILES string of the molecule is C/C(=C/Cc1cccc2c(C(=O)c3oc(C(=O)O)c(-c4c[nH]c5ccccc45)c3O)c[nH]c12)CO. The maximum atomic E-state index is 13.5. The number of benzene rings is 2. The van der Waals surface area contributed by atoms with E-state index in [4.69, 9.17) is 4.42 Å². The summed E-state index contributed by atoms with van der Waals surface area (Å²) >= 11 is 0. The summed E-state index contributed by atoms with van der Waals surface area (Å²) in [6.45, 7) is 1.79. The lowest BCUT2D eigenvalue weighted by atomic mass is 10.0. The molecule has 0 unspecified atom stereocenters. The summed E-state index contributed by atoms with van der Waals surface area (Å²) in [4.78, 5) is 31.6. The van der Waals surface area contributed by atoms with Crippen molar-refractivity contribution in [2.45, 2.75) is 13.3 Å². The lowest BCUT2D eigenvalue weighted by Crippen LogP contribution is -1.99. The molecule has 3 heterocycles. The molecule has 0 aliphatic carbocycles. The van der Waals surface area contributed by atoms with Gasteiger partial charge in [0.25, 0.3) is 0 Å². The highest BCUT2D eigenvalue weighted by Gasteiger charge is 2.32. The minimum absolute atomic E-state index is 0.0348. The monoisotopic (exact) mass is 470 g/mol. The van der Waals surface area contributed by atoms with E-state index in [-0.39, 0.29) is 17.7 Å². The van der Waals surface area contributed by atoms with Gasteiger partial charge >= 0.3 is 5.97 Å². The van der Waals surface area contributed by atoms with E-state index in [2.05, 4.69) is 9.97 Å². The summed E-state index contributed by atoms with van der Waals surface area (Å²) in [5.41, 5.74) is 3.85. The molecule has 35 heavy (non-hydrogen) atoms. The van der Waals surface area contributed by atoms with Crippen LogP contribution in [-0.4, -0.2) is 43.6 Å². The fraction of sp³-hybridized carbons (Fsp3) is 0.111. The van der Waals surface area contributed by atoms with Gasteiger partial charge in [-0.2, -0.15) is 0 Å². The van der Waals surface area contributed by atoms with Crippen LogP contribution < -0.4 is 0 Å². The maximum absolute atomic E-state index is 13.5. The van der Waals surface area contributed by atoms with Gasteiger partial charge in [0.2, 0.25) is 17.3 Å². The number of H-pyrrole nitrogens is 2. The molecule has 0 radical (unpaired) electrons. The van der Waals surface area contributed by atoms with Crippen LogP contribution in [0.3, 0.4) is 0 Å². The van der Waals surface area contributed by atoms with Crippen LogP contribution in [-0.2, 0) is 6.42 Å². The van der Waals surface area contributed by atoms with Crippen LogP contribution in [0.1, 0.15) is 39.2 Å². The van der Waals surface area contributed by atoms with Gasteiger partial charge in [0.1, 0.15) is 0 Å². The molecule has 0 fully saturated rings. The Kier molecular flexibility index (Phi) is 5.50. The second kappa shape index (κ2) is 8.66. The zero-order valence-corrected chi connectivity index (χ0v) is 18.8. The number of aromatic amines is 2. The largest absolute Gasteiger partial charge is 0.504 e.